The Morgan fingerprint density at radius 1 is 1.47 bits per heavy atom. The lowest BCUT2D eigenvalue weighted by Gasteiger charge is -2.20. The summed E-state index contributed by atoms with van der Waals surface area (Å²) in [6.45, 7) is 7.26. The van der Waals surface area contributed by atoms with Crippen LogP contribution in [0.5, 0.6) is 0 Å². The van der Waals surface area contributed by atoms with E-state index in [1.807, 2.05) is 20.8 Å². The predicted molar refractivity (Wildman–Crippen MR) is 73.4 cm³/mol. The van der Waals surface area contributed by atoms with Gasteiger partial charge in [0.05, 0.1) is 5.92 Å². The maximum atomic E-state index is 11.9. The van der Waals surface area contributed by atoms with Crippen molar-refractivity contribution in [1.29, 1.82) is 0 Å². The van der Waals surface area contributed by atoms with E-state index >= 15 is 0 Å². The zero-order chi connectivity index (χ0) is 14.4. The molecule has 0 aromatic rings. The number of carbonyl (C=O) groups is 2. The number of rotatable bonds is 7. The molecule has 2 unspecified atom stereocenters. The number of amides is 2. The van der Waals surface area contributed by atoms with Gasteiger partial charge in [-0.15, -0.1) is 0 Å². The fourth-order valence-corrected chi connectivity index (χ4v) is 2.30. The quantitative estimate of drug-likeness (QED) is 0.671. The summed E-state index contributed by atoms with van der Waals surface area (Å²) in [5.41, 5.74) is 0. The average Bonchev–Trinajstić information content (AvgIpc) is 2.76. The third-order valence-electron chi connectivity index (χ3n) is 3.64. The Balaban J connectivity index is 2.26. The Hall–Kier alpha value is -1.10. The molecule has 5 nitrogen and oxygen atoms in total. The van der Waals surface area contributed by atoms with E-state index in [1.165, 1.54) is 0 Å². The van der Waals surface area contributed by atoms with Crippen molar-refractivity contribution < 1.29 is 14.7 Å². The molecule has 19 heavy (non-hydrogen) atoms. The van der Waals surface area contributed by atoms with Gasteiger partial charge in [-0.3, -0.25) is 9.59 Å². The van der Waals surface area contributed by atoms with Crippen LogP contribution >= 0.6 is 0 Å². The number of hydrogen-bond donors (Lipinski definition) is 2. The van der Waals surface area contributed by atoms with Gasteiger partial charge in [0.15, 0.2) is 0 Å². The molecule has 1 rings (SSSR count). The molecule has 0 aliphatic carbocycles. The zero-order valence-corrected chi connectivity index (χ0v) is 12.2. The summed E-state index contributed by atoms with van der Waals surface area (Å²) >= 11 is 0. The summed E-state index contributed by atoms with van der Waals surface area (Å²) in [6.07, 6.45) is 2.09. The molecule has 0 aromatic carbocycles. The van der Waals surface area contributed by atoms with E-state index in [0.29, 0.717) is 19.5 Å². The normalized spacial score (nSPS) is 21.0. The Morgan fingerprint density at radius 3 is 2.68 bits per heavy atom. The third-order valence-corrected chi connectivity index (χ3v) is 3.64. The van der Waals surface area contributed by atoms with Gasteiger partial charge in [-0.05, 0) is 32.6 Å². The van der Waals surface area contributed by atoms with E-state index in [1.54, 1.807) is 4.90 Å². The number of hydrogen-bond acceptors (Lipinski definition) is 3. The van der Waals surface area contributed by atoms with Gasteiger partial charge in [0.1, 0.15) is 0 Å². The Morgan fingerprint density at radius 2 is 2.16 bits per heavy atom. The van der Waals surface area contributed by atoms with E-state index in [9.17, 15) is 9.59 Å². The maximum absolute atomic E-state index is 11.9. The second-order valence-corrected chi connectivity index (χ2v) is 5.76. The minimum absolute atomic E-state index is 0.0202. The van der Waals surface area contributed by atoms with E-state index in [0.717, 1.165) is 12.8 Å². The van der Waals surface area contributed by atoms with Crippen molar-refractivity contribution in [2.24, 2.45) is 11.8 Å². The lowest BCUT2D eigenvalue weighted by molar-refractivity contribution is -0.129. The molecule has 5 heteroatoms. The number of carbonyl (C=O) groups excluding carboxylic acids is 2. The van der Waals surface area contributed by atoms with Crippen LogP contribution in [0.15, 0.2) is 0 Å². The maximum Gasteiger partial charge on any atom is 0.225 e. The highest BCUT2D eigenvalue weighted by atomic mass is 16.3. The van der Waals surface area contributed by atoms with Crippen molar-refractivity contribution in [3.8, 4) is 0 Å². The summed E-state index contributed by atoms with van der Waals surface area (Å²) in [7, 11) is 0. The molecule has 0 aromatic heterocycles. The van der Waals surface area contributed by atoms with Crippen LogP contribution in [0.25, 0.3) is 0 Å². The largest absolute Gasteiger partial charge is 0.396 e. The first-order valence-corrected chi connectivity index (χ1v) is 7.13. The molecule has 1 saturated heterocycles. The van der Waals surface area contributed by atoms with Crippen LogP contribution in [0.3, 0.4) is 0 Å². The number of nitrogens with zero attached hydrogens (tertiary/aromatic N) is 1. The van der Waals surface area contributed by atoms with Crippen molar-refractivity contribution in [3.05, 3.63) is 0 Å². The highest BCUT2D eigenvalue weighted by Gasteiger charge is 2.35. The van der Waals surface area contributed by atoms with Gasteiger partial charge < -0.3 is 15.3 Å². The highest BCUT2D eigenvalue weighted by Crippen LogP contribution is 2.20. The summed E-state index contributed by atoms with van der Waals surface area (Å²) < 4.78 is 0. The monoisotopic (exact) mass is 270 g/mol. The molecule has 1 aliphatic rings. The second kappa shape index (κ2) is 7.48. The summed E-state index contributed by atoms with van der Waals surface area (Å²) in [5, 5.41) is 11.8. The van der Waals surface area contributed by atoms with Crippen LogP contribution in [0.2, 0.25) is 0 Å². The van der Waals surface area contributed by atoms with E-state index < -0.39 is 0 Å². The van der Waals surface area contributed by atoms with Gasteiger partial charge in [0.2, 0.25) is 11.8 Å². The summed E-state index contributed by atoms with van der Waals surface area (Å²) in [5.74, 6) is 0.128. The Bertz CT molecular complexity index is 318. The smallest absolute Gasteiger partial charge is 0.225 e. The lowest BCUT2D eigenvalue weighted by Crippen LogP contribution is -2.35. The van der Waals surface area contributed by atoms with Gasteiger partial charge in [-0.2, -0.15) is 0 Å². The highest BCUT2D eigenvalue weighted by molar-refractivity contribution is 5.89. The van der Waals surface area contributed by atoms with Gasteiger partial charge >= 0.3 is 0 Å². The lowest BCUT2D eigenvalue weighted by atomic mass is 10.1. The Kier molecular flexibility index (Phi) is 6.28. The molecule has 110 valence electrons. The predicted octanol–water partition coefficient (Wildman–Crippen LogP) is 0.768. The molecule has 1 aliphatic heterocycles. The van der Waals surface area contributed by atoms with Crippen molar-refractivity contribution >= 4 is 11.8 Å². The van der Waals surface area contributed by atoms with Crippen LogP contribution in [-0.2, 0) is 9.59 Å². The number of aliphatic hydroxyl groups excluding tert-OH is 1. The molecule has 1 fully saturated rings. The van der Waals surface area contributed by atoms with Crippen LogP contribution in [0.4, 0.5) is 0 Å². The second-order valence-electron chi connectivity index (χ2n) is 5.76. The summed E-state index contributed by atoms with van der Waals surface area (Å²) in [6, 6.07) is 0.163. The van der Waals surface area contributed by atoms with E-state index in [4.69, 9.17) is 5.11 Å². The first-order valence-electron chi connectivity index (χ1n) is 7.13. The molecule has 2 amide bonds. The fraction of sp³-hybridized carbons (Fsp3) is 0.857. The molecular weight excluding hydrogens is 244 g/mol. The molecule has 0 saturated carbocycles. The molecule has 0 radical (unpaired) electrons. The number of nitrogens with one attached hydrogen (secondary N) is 1. The third kappa shape index (κ3) is 4.82. The fourth-order valence-electron chi connectivity index (χ4n) is 2.30. The minimum Gasteiger partial charge on any atom is -0.396 e. The average molecular weight is 270 g/mol. The van der Waals surface area contributed by atoms with Gasteiger partial charge in [0.25, 0.3) is 0 Å². The van der Waals surface area contributed by atoms with Crippen LogP contribution in [0.1, 0.15) is 40.0 Å². The van der Waals surface area contributed by atoms with E-state index in [2.05, 4.69) is 5.32 Å². The molecular formula is C14H26N2O3. The Labute approximate surface area is 115 Å². The number of likely N-dealkylation sites (tertiary alicyclic amines) is 1. The molecule has 2 atom stereocenters. The van der Waals surface area contributed by atoms with Gasteiger partial charge in [-0.25, -0.2) is 0 Å². The minimum atomic E-state index is -0.204. The van der Waals surface area contributed by atoms with Crippen LogP contribution < -0.4 is 5.32 Å². The van der Waals surface area contributed by atoms with Gasteiger partial charge in [0, 0.05) is 32.2 Å². The van der Waals surface area contributed by atoms with Crippen LogP contribution in [-0.4, -0.2) is 47.6 Å². The van der Waals surface area contributed by atoms with E-state index in [-0.39, 0.29) is 36.3 Å². The number of aliphatic hydroxyl groups is 1. The first kappa shape index (κ1) is 16.0. The topological polar surface area (TPSA) is 69.6 Å². The van der Waals surface area contributed by atoms with Crippen LogP contribution in [0, 0.1) is 11.8 Å². The summed E-state index contributed by atoms with van der Waals surface area (Å²) in [4.78, 5) is 25.4. The molecule has 1 heterocycles. The van der Waals surface area contributed by atoms with Crippen molar-refractivity contribution in [1.82, 2.24) is 10.2 Å². The van der Waals surface area contributed by atoms with Crippen molar-refractivity contribution in [2.45, 2.75) is 46.1 Å². The van der Waals surface area contributed by atoms with Crippen molar-refractivity contribution in [3.63, 3.8) is 0 Å². The van der Waals surface area contributed by atoms with Crippen molar-refractivity contribution in [2.75, 3.05) is 19.7 Å². The zero-order valence-electron chi connectivity index (χ0n) is 12.2. The first-order chi connectivity index (χ1) is 8.95. The standard InChI is InChI=1S/C14H26N2O3/c1-10(2)16-8-12(7-13(16)18)14(19)15-6-4-5-11(3)9-17/h10-12,17H,4-9H2,1-3H3,(H,15,19). The SMILES string of the molecule is CC(CO)CCCNC(=O)C1CC(=O)N(C(C)C)C1. The van der Waals surface area contributed by atoms with Gasteiger partial charge in [-0.1, -0.05) is 6.92 Å². The molecule has 2 N–H and O–H groups in total. The molecule has 0 spiro atoms. The molecule has 0 bridgehead atoms.